The molecule has 4 aromatic rings. The highest BCUT2D eigenvalue weighted by molar-refractivity contribution is 6.01. The van der Waals surface area contributed by atoms with Gasteiger partial charge in [-0.05, 0) is 61.9 Å². The number of nitrogens with one attached hydrogen (secondary N) is 1. The highest BCUT2D eigenvalue weighted by Gasteiger charge is 2.55. The smallest absolute Gasteiger partial charge is 0.404 e. The number of hydrogen-bond donors (Lipinski definition) is 1. The molecule has 6 rings (SSSR count). The third-order valence-electron chi connectivity index (χ3n) is 7.72. The van der Waals surface area contributed by atoms with Crippen molar-refractivity contribution in [2.45, 2.75) is 24.7 Å². The van der Waals surface area contributed by atoms with Crippen molar-refractivity contribution >= 4 is 22.5 Å². The summed E-state index contributed by atoms with van der Waals surface area (Å²) in [4.78, 5) is 39.7. The second-order valence-corrected chi connectivity index (χ2v) is 10.4. The number of nitrogens with zero attached hydrogens (tertiary/aromatic N) is 5. The van der Waals surface area contributed by atoms with Crippen molar-refractivity contribution in [3.05, 3.63) is 77.6 Å². The van der Waals surface area contributed by atoms with Gasteiger partial charge < -0.3 is 15.0 Å². The van der Waals surface area contributed by atoms with Gasteiger partial charge in [0.2, 0.25) is 5.91 Å². The maximum absolute atomic E-state index is 13.4. The van der Waals surface area contributed by atoms with Crippen LogP contribution in [0.2, 0.25) is 0 Å². The molecule has 9 nitrogen and oxygen atoms in total. The van der Waals surface area contributed by atoms with Gasteiger partial charge in [0.15, 0.2) is 5.75 Å². The molecule has 1 amide bonds. The summed E-state index contributed by atoms with van der Waals surface area (Å²) >= 11 is 0. The van der Waals surface area contributed by atoms with E-state index in [2.05, 4.69) is 29.8 Å². The number of rotatable bonds is 6. The lowest BCUT2D eigenvalue weighted by molar-refractivity contribution is -0.274. The molecule has 212 valence electrons. The summed E-state index contributed by atoms with van der Waals surface area (Å²) in [5.74, 6) is -0.954. The fraction of sp³-hybridized carbons (Fsp3) is 0.310. The molecule has 3 heterocycles. The number of carbonyl (C=O) groups excluding carboxylic acids is 1. The van der Waals surface area contributed by atoms with Crippen LogP contribution in [0.15, 0.2) is 72.0 Å². The van der Waals surface area contributed by atoms with E-state index in [0.29, 0.717) is 36.8 Å². The van der Waals surface area contributed by atoms with Crippen LogP contribution in [0.1, 0.15) is 12.8 Å². The lowest BCUT2D eigenvalue weighted by atomic mass is 10.1. The lowest BCUT2D eigenvalue weighted by Crippen LogP contribution is -2.54. The molecule has 1 aliphatic carbocycles. The average molecular weight is 565 g/mol. The molecule has 12 heteroatoms. The summed E-state index contributed by atoms with van der Waals surface area (Å²) in [6.07, 6.45) is 0.955. The molecule has 1 saturated carbocycles. The van der Waals surface area contributed by atoms with Crippen molar-refractivity contribution in [3.8, 4) is 22.6 Å². The zero-order valence-electron chi connectivity index (χ0n) is 22.2. The normalized spacial score (nSPS) is 17.4. The summed E-state index contributed by atoms with van der Waals surface area (Å²) < 4.78 is 45.2. The van der Waals surface area contributed by atoms with Crippen LogP contribution in [0.4, 0.5) is 18.9 Å². The van der Waals surface area contributed by atoms with Crippen LogP contribution < -0.4 is 15.6 Å². The minimum absolute atomic E-state index is 0.177. The number of carbonyl (C=O) groups is 1. The minimum Gasteiger partial charge on any atom is -0.404 e. The Morgan fingerprint density at radius 2 is 1.80 bits per heavy atom. The minimum atomic E-state index is -4.97. The van der Waals surface area contributed by atoms with E-state index < -0.39 is 29.1 Å². The van der Waals surface area contributed by atoms with E-state index in [1.54, 1.807) is 30.6 Å². The predicted octanol–water partition coefficient (Wildman–Crippen LogP) is 4.06. The zero-order chi connectivity index (χ0) is 28.8. The van der Waals surface area contributed by atoms with Gasteiger partial charge in [-0.2, -0.15) is 0 Å². The Morgan fingerprint density at radius 1 is 1.02 bits per heavy atom. The summed E-state index contributed by atoms with van der Waals surface area (Å²) in [7, 11) is 2.01. The molecule has 0 bridgehead atoms. The number of piperazine rings is 1. The molecule has 2 aromatic heterocycles. The van der Waals surface area contributed by atoms with Crippen LogP contribution in [0.5, 0.6) is 5.75 Å². The van der Waals surface area contributed by atoms with E-state index in [1.807, 2.05) is 19.2 Å². The first-order valence-electron chi connectivity index (χ1n) is 13.2. The van der Waals surface area contributed by atoms with Crippen LogP contribution in [-0.4, -0.2) is 75.4 Å². The first kappa shape index (κ1) is 26.9. The number of alkyl halides is 3. The number of likely N-dealkylation sites (N-methyl/N-ethyl adjacent to an activating group) is 1. The standard InChI is InChI=1S/C29H27F3N6O3/c1-36-11-13-37(14-12-36)28(8-9-28)27(40)35-24-16-21(5-7-25(24)41-29(30,31)32)38-18-34-23-15-19(4-6-22(23)26(38)39)20-3-2-10-33-17-20/h2-7,10,15-18H,8-9,11-14H2,1H3,(H,35,40). The van der Waals surface area contributed by atoms with Crippen molar-refractivity contribution in [1.82, 2.24) is 24.3 Å². The fourth-order valence-corrected chi connectivity index (χ4v) is 5.28. The number of halogens is 3. The van der Waals surface area contributed by atoms with Crippen LogP contribution in [-0.2, 0) is 4.79 Å². The molecule has 1 saturated heterocycles. The highest BCUT2D eigenvalue weighted by Crippen LogP contribution is 2.44. The second kappa shape index (κ2) is 10.3. The fourth-order valence-electron chi connectivity index (χ4n) is 5.28. The SMILES string of the molecule is CN1CCN(C2(C(=O)Nc3cc(-n4cnc5cc(-c6cccnc6)ccc5c4=O)ccc3OC(F)(F)F)CC2)CC1. The molecule has 2 aromatic carbocycles. The number of anilines is 1. The summed E-state index contributed by atoms with van der Waals surface area (Å²) in [5, 5.41) is 3.00. The van der Waals surface area contributed by atoms with Crippen molar-refractivity contribution in [1.29, 1.82) is 0 Å². The van der Waals surface area contributed by atoms with Crippen molar-refractivity contribution < 1.29 is 22.7 Å². The number of fused-ring (bicyclic) bond motifs is 1. The third kappa shape index (κ3) is 5.40. The van der Waals surface area contributed by atoms with Gasteiger partial charge in [0.1, 0.15) is 11.9 Å². The van der Waals surface area contributed by atoms with Crippen molar-refractivity contribution in [2.75, 3.05) is 38.5 Å². The van der Waals surface area contributed by atoms with Gasteiger partial charge in [-0.1, -0.05) is 12.1 Å². The molecule has 1 N–H and O–H groups in total. The average Bonchev–Trinajstić information content (AvgIpc) is 3.77. The van der Waals surface area contributed by atoms with E-state index >= 15 is 0 Å². The molecular weight excluding hydrogens is 537 g/mol. The monoisotopic (exact) mass is 564 g/mol. The topological polar surface area (TPSA) is 92.6 Å². The Balaban J connectivity index is 1.34. The largest absolute Gasteiger partial charge is 0.573 e. The lowest BCUT2D eigenvalue weighted by Gasteiger charge is -2.37. The van der Waals surface area contributed by atoms with E-state index in [0.717, 1.165) is 30.3 Å². The number of aromatic nitrogens is 3. The first-order valence-corrected chi connectivity index (χ1v) is 13.2. The quantitative estimate of drug-likeness (QED) is 0.378. The molecular formula is C29H27F3N6O3. The Labute approximate surface area is 233 Å². The molecule has 0 radical (unpaired) electrons. The number of amides is 1. The van der Waals surface area contributed by atoms with Gasteiger partial charge in [0, 0.05) is 44.1 Å². The number of benzene rings is 2. The second-order valence-electron chi connectivity index (χ2n) is 10.4. The Kier molecular flexibility index (Phi) is 6.74. The van der Waals surface area contributed by atoms with Gasteiger partial charge in [-0.25, -0.2) is 4.98 Å². The van der Waals surface area contributed by atoms with E-state index in [-0.39, 0.29) is 11.4 Å². The zero-order valence-corrected chi connectivity index (χ0v) is 22.2. The summed E-state index contributed by atoms with van der Waals surface area (Å²) in [6.45, 7) is 2.98. The van der Waals surface area contributed by atoms with Gasteiger partial charge in [-0.3, -0.25) is 24.0 Å². The van der Waals surface area contributed by atoms with Gasteiger partial charge in [0.05, 0.1) is 22.3 Å². The van der Waals surface area contributed by atoms with E-state index in [1.165, 1.54) is 23.0 Å². The Bertz CT molecular complexity index is 1660. The molecule has 2 fully saturated rings. The Morgan fingerprint density at radius 3 is 2.49 bits per heavy atom. The number of ether oxygens (including phenoxy) is 1. The Hall–Kier alpha value is -4.29. The first-order chi connectivity index (χ1) is 19.6. The van der Waals surface area contributed by atoms with Crippen LogP contribution >= 0.6 is 0 Å². The summed E-state index contributed by atoms with van der Waals surface area (Å²) in [6, 6.07) is 12.6. The summed E-state index contributed by atoms with van der Waals surface area (Å²) in [5.41, 5.74) is 1.04. The van der Waals surface area contributed by atoms with E-state index in [4.69, 9.17) is 0 Å². The molecule has 2 aliphatic rings. The van der Waals surface area contributed by atoms with Crippen molar-refractivity contribution in [3.63, 3.8) is 0 Å². The van der Waals surface area contributed by atoms with Gasteiger partial charge in [-0.15, -0.1) is 13.2 Å². The molecule has 41 heavy (non-hydrogen) atoms. The molecule has 0 spiro atoms. The molecule has 1 aliphatic heterocycles. The molecule has 0 unspecified atom stereocenters. The van der Waals surface area contributed by atoms with E-state index in [9.17, 15) is 22.8 Å². The maximum atomic E-state index is 13.4. The van der Waals surface area contributed by atoms with Gasteiger partial charge in [0.25, 0.3) is 5.56 Å². The van der Waals surface area contributed by atoms with Gasteiger partial charge >= 0.3 is 6.36 Å². The number of pyridine rings is 1. The number of hydrogen-bond acceptors (Lipinski definition) is 7. The molecule has 0 atom stereocenters. The third-order valence-corrected chi connectivity index (χ3v) is 7.72. The maximum Gasteiger partial charge on any atom is 0.573 e. The van der Waals surface area contributed by atoms with Crippen molar-refractivity contribution in [2.24, 2.45) is 0 Å². The predicted molar refractivity (Wildman–Crippen MR) is 147 cm³/mol. The van der Waals surface area contributed by atoms with Crippen LogP contribution in [0, 0.1) is 0 Å². The van der Waals surface area contributed by atoms with Crippen LogP contribution in [0.3, 0.4) is 0 Å². The highest BCUT2D eigenvalue weighted by atomic mass is 19.4. The van der Waals surface area contributed by atoms with Crippen LogP contribution in [0.25, 0.3) is 27.7 Å².